The molecule has 0 radical (unpaired) electrons. The summed E-state index contributed by atoms with van der Waals surface area (Å²) >= 11 is 7.40. The van der Waals surface area contributed by atoms with Crippen molar-refractivity contribution in [1.29, 1.82) is 0 Å². The van der Waals surface area contributed by atoms with Crippen LogP contribution in [-0.2, 0) is 0 Å². The molecule has 0 unspecified atom stereocenters. The molecule has 3 nitrogen and oxygen atoms in total. The molecule has 1 heterocycles. The first-order valence-corrected chi connectivity index (χ1v) is 7.31. The second-order valence-corrected chi connectivity index (χ2v) is 5.18. The Labute approximate surface area is 126 Å². The van der Waals surface area contributed by atoms with Gasteiger partial charge in [0.05, 0.1) is 22.4 Å². The summed E-state index contributed by atoms with van der Waals surface area (Å²) in [5, 5.41) is 3.96. The van der Waals surface area contributed by atoms with E-state index in [0.717, 1.165) is 16.7 Å². The highest BCUT2D eigenvalue weighted by Gasteiger charge is 2.08. The number of hydrogen-bond donors (Lipinski definition) is 1. The van der Waals surface area contributed by atoms with E-state index in [4.69, 9.17) is 11.6 Å². The lowest BCUT2D eigenvalue weighted by Gasteiger charge is -2.06. The van der Waals surface area contributed by atoms with Crippen LogP contribution in [0, 0.1) is 0 Å². The number of halogens is 1. The number of aromatic nitrogens is 2. The van der Waals surface area contributed by atoms with E-state index >= 15 is 0 Å². The summed E-state index contributed by atoms with van der Waals surface area (Å²) < 4.78 is 8.49. The van der Waals surface area contributed by atoms with Crippen LogP contribution in [0.25, 0.3) is 17.1 Å². The third-order valence-corrected chi connectivity index (χ3v) is 3.74. The molecule has 0 aliphatic rings. The highest BCUT2D eigenvalue weighted by Crippen LogP contribution is 2.29. The number of anilines is 1. The average Bonchev–Trinajstić information content (AvgIpc) is 2.95. The molecule has 5 heteroatoms. The van der Waals surface area contributed by atoms with Crippen LogP contribution in [0.4, 0.5) is 5.69 Å². The maximum Gasteiger partial charge on any atom is 0.129 e. The summed E-state index contributed by atoms with van der Waals surface area (Å²) in [4.78, 5) is 0. The zero-order valence-corrected chi connectivity index (χ0v) is 12.2. The van der Waals surface area contributed by atoms with Crippen LogP contribution in [0.3, 0.4) is 0 Å². The Bertz CT molecular complexity index is 737. The van der Waals surface area contributed by atoms with E-state index < -0.39 is 0 Å². The Morgan fingerprint density at radius 3 is 2.80 bits per heavy atom. The number of benzene rings is 2. The van der Waals surface area contributed by atoms with Gasteiger partial charge >= 0.3 is 0 Å². The molecule has 0 aliphatic carbocycles. The van der Waals surface area contributed by atoms with Gasteiger partial charge in [0.2, 0.25) is 0 Å². The smallest absolute Gasteiger partial charge is 0.129 e. The highest BCUT2D eigenvalue weighted by molar-refractivity contribution is 7.00. The zero-order chi connectivity index (χ0) is 13.8. The molecule has 0 saturated heterocycles. The molecular formula is C15H12ClN3S. The molecule has 0 amide bonds. The van der Waals surface area contributed by atoms with E-state index in [2.05, 4.69) is 38.3 Å². The van der Waals surface area contributed by atoms with Crippen molar-refractivity contribution in [3.8, 4) is 0 Å². The molecule has 100 valence electrons. The zero-order valence-electron chi connectivity index (χ0n) is 10.6. The fourth-order valence-electron chi connectivity index (χ4n) is 1.92. The van der Waals surface area contributed by atoms with Crippen LogP contribution in [-0.4, -0.2) is 15.3 Å². The van der Waals surface area contributed by atoms with Crippen molar-refractivity contribution in [2.45, 2.75) is 0 Å². The summed E-state index contributed by atoms with van der Waals surface area (Å²) in [5.41, 5.74) is 3.72. The van der Waals surface area contributed by atoms with Crippen LogP contribution in [0.5, 0.6) is 0 Å². The average molecular weight is 302 g/mol. The van der Waals surface area contributed by atoms with Crippen molar-refractivity contribution >= 4 is 46.1 Å². The lowest BCUT2D eigenvalue weighted by molar-refractivity contribution is 1.35. The summed E-state index contributed by atoms with van der Waals surface area (Å²) in [5.74, 6) is 0. The van der Waals surface area contributed by atoms with E-state index in [9.17, 15) is 0 Å². The number of hydrogen-bond acceptors (Lipinski definition) is 4. The van der Waals surface area contributed by atoms with Gasteiger partial charge in [-0.1, -0.05) is 54.1 Å². The summed E-state index contributed by atoms with van der Waals surface area (Å²) in [6.07, 6.45) is 4.13. The Morgan fingerprint density at radius 2 is 1.95 bits per heavy atom. The van der Waals surface area contributed by atoms with Crippen molar-refractivity contribution in [3.05, 3.63) is 59.1 Å². The molecule has 0 fully saturated rings. The van der Waals surface area contributed by atoms with Crippen molar-refractivity contribution < 1.29 is 0 Å². The van der Waals surface area contributed by atoms with E-state index in [1.54, 1.807) is 0 Å². The minimum absolute atomic E-state index is 0.665. The predicted molar refractivity (Wildman–Crippen MR) is 86.4 cm³/mol. The standard InChI is InChI=1S/C15H12ClN3S/c16-12-8-9-13-15(19-20-18-13)14(12)17-10-4-7-11-5-2-1-3-6-11/h1-9,17H,10H2. The van der Waals surface area contributed by atoms with Crippen molar-refractivity contribution in [1.82, 2.24) is 8.75 Å². The maximum absolute atomic E-state index is 6.21. The first-order valence-electron chi connectivity index (χ1n) is 6.21. The van der Waals surface area contributed by atoms with E-state index in [1.807, 2.05) is 30.3 Å². The van der Waals surface area contributed by atoms with Crippen molar-refractivity contribution in [2.75, 3.05) is 11.9 Å². The predicted octanol–water partition coefficient (Wildman–Crippen LogP) is 4.47. The van der Waals surface area contributed by atoms with Gasteiger partial charge in [0.15, 0.2) is 0 Å². The Hall–Kier alpha value is -1.91. The number of nitrogens with one attached hydrogen (secondary N) is 1. The van der Waals surface area contributed by atoms with Gasteiger partial charge < -0.3 is 5.32 Å². The van der Waals surface area contributed by atoms with Gasteiger partial charge in [0.25, 0.3) is 0 Å². The Morgan fingerprint density at radius 1 is 1.10 bits per heavy atom. The van der Waals surface area contributed by atoms with Crippen LogP contribution in [0.15, 0.2) is 48.5 Å². The Kier molecular flexibility index (Phi) is 3.95. The second-order valence-electron chi connectivity index (χ2n) is 4.25. The molecule has 3 rings (SSSR count). The number of fused-ring (bicyclic) bond motifs is 1. The van der Waals surface area contributed by atoms with Crippen LogP contribution < -0.4 is 5.32 Å². The monoisotopic (exact) mass is 301 g/mol. The molecule has 2 aromatic carbocycles. The minimum Gasteiger partial charge on any atom is -0.379 e. The van der Waals surface area contributed by atoms with Crippen molar-refractivity contribution in [2.24, 2.45) is 0 Å². The van der Waals surface area contributed by atoms with Crippen LogP contribution in [0.1, 0.15) is 5.56 Å². The number of rotatable bonds is 4. The number of nitrogens with zero attached hydrogens (tertiary/aromatic N) is 2. The molecule has 1 aromatic heterocycles. The summed E-state index contributed by atoms with van der Waals surface area (Å²) in [7, 11) is 0. The lowest BCUT2D eigenvalue weighted by Crippen LogP contribution is -1.99. The van der Waals surface area contributed by atoms with Gasteiger partial charge in [-0.2, -0.15) is 8.75 Å². The van der Waals surface area contributed by atoms with Gasteiger partial charge in [-0.3, -0.25) is 0 Å². The molecule has 1 N–H and O–H groups in total. The molecule has 20 heavy (non-hydrogen) atoms. The Balaban J connectivity index is 1.73. The minimum atomic E-state index is 0.665. The van der Waals surface area contributed by atoms with Gasteiger partial charge in [0, 0.05) is 6.54 Å². The quantitative estimate of drug-likeness (QED) is 0.772. The molecule has 0 spiro atoms. The largest absolute Gasteiger partial charge is 0.379 e. The molecule has 3 aromatic rings. The molecule has 0 saturated carbocycles. The molecular weight excluding hydrogens is 290 g/mol. The molecule has 0 aliphatic heterocycles. The second kappa shape index (κ2) is 6.03. The van der Waals surface area contributed by atoms with E-state index in [-0.39, 0.29) is 0 Å². The van der Waals surface area contributed by atoms with Gasteiger partial charge in [-0.15, -0.1) is 0 Å². The summed E-state index contributed by atoms with van der Waals surface area (Å²) in [6, 6.07) is 13.9. The van der Waals surface area contributed by atoms with Gasteiger partial charge in [0.1, 0.15) is 11.0 Å². The highest BCUT2D eigenvalue weighted by atomic mass is 35.5. The van der Waals surface area contributed by atoms with E-state index in [0.29, 0.717) is 11.6 Å². The first kappa shape index (κ1) is 13.1. The van der Waals surface area contributed by atoms with Crippen molar-refractivity contribution in [3.63, 3.8) is 0 Å². The SMILES string of the molecule is Clc1ccc2nsnc2c1NCC=Cc1ccccc1. The normalized spacial score (nSPS) is 11.2. The fourth-order valence-corrected chi connectivity index (χ4v) is 2.68. The lowest BCUT2D eigenvalue weighted by atomic mass is 10.2. The first-order chi connectivity index (χ1) is 9.84. The van der Waals surface area contributed by atoms with Crippen LogP contribution >= 0.6 is 23.3 Å². The van der Waals surface area contributed by atoms with Gasteiger partial charge in [-0.05, 0) is 17.7 Å². The fraction of sp³-hybridized carbons (Fsp3) is 0.0667. The topological polar surface area (TPSA) is 37.8 Å². The van der Waals surface area contributed by atoms with Gasteiger partial charge in [-0.25, -0.2) is 0 Å². The van der Waals surface area contributed by atoms with Crippen LogP contribution in [0.2, 0.25) is 5.02 Å². The van der Waals surface area contributed by atoms with E-state index in [1.165, 1.54) is 17.3 Å². The molecule has 0 bridgehead atoms. The summed E-state index contributed by atoms with van der Waals surface area (Å²) in [6.45, 7) is 0.686. The molecule has 0 atom stereocenters. The maximum atomic E-state index is 6.21. The third kappa shape index (κ3) is 2.81. The third-order valence-electron chi connectivity index (χ3n) is 2.88.